The van der Waals surface area contributed by atoms with E-state index in [1.54, 1.807) is 14.0 Å². The number of piperidine rings is 1. The topological polar surface area (TPSA) is 41.6 Å². The largest absolute Gasteiger partial charge is 0.497 e. The molecule has 0 radical (unpaired) electrons. The normalized spacial score (nSPS) is 19.7. The van der Waals surface area contributed by atoms with Crippen LogP contribution in [-0.4, -0.2) is 36.5 Å². The number of benzene rings is 2. The first-order valence-corrected chi connectivity index (χ1v) is 9.76. The first-order chi connectivity index (χ1) is 13.1. The lowest BCUT2D eigenvalue weighted by Crippen LogP contribution is -2.56. The Kier molecular flexibility index (Phi) is 6.51. The van der Waals surface area contributed by atoms with Crippen molar-refractivity contribution < 1.29 is 9.53 Å². The van der Waals surface area contributed by atoms with Crippen LogP contribution in [0.2, 0.25) is 0 Å². The molecule has 0 aromatic heterocycles. The van der Waals surface area contributed by atoms with Crippen molar-refractivity contribution in [3.63, 3.8) is 0 Å². The van der Waals surface area contributed by atoms with Gasteiger partial charge in [0.15, 0.2) is 0 Å². The number of hydrogen-bond donors (Lipinski definition) is 1. The molecule has 0 aliphatic carbocycles. The van der Waals surface area contributed by atoms with Crippen LogP contribution in [-0.2, 0) is 17.8 Å². The van der Waals surface area contributed by atoms with E-state index >= 15 is 0 Å². The van der Waals surface area contributed by atoms with Gasteiger partial charge >= 0.3 is 0 Å². The molecule has 0 bridgehead atoms. The molecule has 1 fully saturated rings. The minimum atomic E-state index is 0.167. The van der Waals surface area contributed by atoms with Crippen molar-refractivity contribution in [2.45, 2.75) is 51.7 Å². The van der Waals surface area contributed by atoms with E-state index < -0.39 is 0 Å². The molecular weight excluding hydrogens is 336 g/mol. The van der Waals surface area contributed by atoms with Gasteiger partial charge in [-0.15, -0.1) is 0 Å². The Balaban J connectivity index is 1.73. The molecule has 3 rings (SSSR count). The number of rotatable bonds is 6. The summed E-state index contributed by atoms with van der Waals surface area (Å²) >= 11 is 0. The van der Waals surface area contributed by atoms with E-state index in [1.165, 1.54) is 16.7 Å². The van der Waals surface area contributed by atoms with Gasteiger partial charge < -0.3 is 15.0 Å². The van der Waals surface area contributed by atoms with Crippen LogP contribution in [0.15, 0.2) is 48.5 Å². The average Bonchev–Trinajstić information content (AvgIpc) is 2.68. The number of aryl methyl sites for hydroxylation is 1. The summed E-state index contributed by atoms with van der Waals surface area (Å²) in [6.45, 7) is 5.42. The number of methoxy groups -OCH3 is 1. The van der Waals surface area contributed by atoms with Crippen LogP contribution in [0.4, 0.5) is 0 Å². The highest BCUT2D eigenvalue weighted by Gasteiger charge is 2.32. The quantitative estimate of drug-likeness (QED) is 0.847. The van der Waals surface area contributed by atoms with Crippen LogP contribution < -0.4 is 10.1 Å². The van der Waals surface area contributed by atoms with Crippen molar-refractivity contribution >= 4 is 5.91 Å². The number of nitrogens with zero attached hydrogens (tertiary/aromatic N) is 1. The standard InChI is InChI=1S/C23H30N2O2/c1-17-9-11-19(12-10-17)15-23-22(8-5-13-25(23)18(2)26)24-16-20-6-4-7-21(14-20)27-3/h4,6-7,9-12,14,22-24H,5,8,13,15-16H2,1-3H3/t22-,23-/m0/s1. The van der Waals surface area contributed by atoms with Crippen molar-refractivity contribution in [2.75, 3.05) is 13.7 Å². The molecular formula is C23H30N2O2. The third-order valence-electron chi connectivity index (χ3n) is 5.45. The number of carbonyl (C=O) groups is 1. The van der Waals surface area contributed by atoms with Crippen molar-refractivity contribution in [3.05, 3.63) is 65.2 Å². The molecule has 0 saturated carbocycles. The first-order valence-electron chi connectivity index (χ1n) is 9.76. The number of likely N-dealkylation sites (tertiary alicyclic amines) is 1. The maximum atomic E-state index is 12.2. The lowest BCUT2D eigenvalue weighted by molar-refractivity contribution is -0.133. The average molecular weight is 367 g/mol. The zero-order chi connectivity index (χ0) is 19.2. The molecule has 0 spiro atoms. The van der Waals surface area contributed by atoms with Gasteiger partial charge in [0.05, 0.1) is 13.2 Å². The van der Waals surface area contributed by atoms with Crippen molar-refractivity contribution in [1.29, 1.82) is 0 Å². The van der Waals surface area contributed by atoms with E-state index in [2.05, 4.69) is 48.6 Å². The van der Waals surface area contributed by atoms with E-state index in [-0.39, 0.29) is 18.0 Å². The van der Waals surface area contributed by atoms with Crippen molar-refractivity contribution in [2.24, 2.45) is 0 Å². The highest BCUT2D eigenvalue weighted by molar-refractivity contribution is 5.73. The van der Waals surface area contributed by atoms with E-state index in [0.717, 1.165) is 38.1 Å². The fraction of sp³-hybridized carbons (Fsp3) is 0.435. The summed E-state index contributed by atoms with van der Waals surface area (Å²) in [5.41, 5.74) is 3.74. The summed E-state index contributed by atoms with van der Waals surface area (Å²) in [6, 6.07) is 17.3. The molecule has 1 N–H and O–H groups in total. The minimum absolute atomic E-state index is 0.167. The van der Waals surface area contributed by atoms with E-state index in [9.17, 15) is 4.79 Å². The second kappa shape index (κ2) is 9.05. The molecule has 2 aromatic rings. The molecule has 27 heavy (non-hydrogen) atoms. The fourth-order valence-corrected chi connectivity index (χ4v) is 3.94. The molecule has 1 aliphatic heterocycles. The van der Waals surface area contributed by atoms with Gasteiger partial charge in [-0.2, -0.15) is 0 Å². The Labute approximate surface area is 162 Å². The molecule has 2 aromatic carbocycles. The Hall–Kier alpha value is -2.33. The Morgan fingerprint density at radius 2 is 1.96 bits per heavy atom. The van der Waals surface area contributed by atoms with Gasteiger partial charge in [0.25, 0.3) is 0 Å². The van der Waals surface area contributed by atoms with Crippen molar-refractivity contribution in [3.8, 4) is 5.75 Å². The van der Waals surface area contributed by atoms with Crippen molar-refractivity contribution in [1.82, 2.24) is 10.2 Å². The highest BCUT2D eigenvalue weighted by atomic mass is 16.5. The van der Waals surface area contributed by atoms with E-state index in [4.69, 9.17) is 4.74 Å². The predicted octanol–water partition coefficient (Wildman–Crippen LogP) is 3.72. The van der Waals surface area contributed by atoms with Crippen LogP contribution in [0.25, 0.3) is 0 Å². The zero-order valence-corrected chi connectivity index (χ0v) is 16.6. The molecule has 4 heteroatoms. The molecule has 0 unspecified atom stereocenters. The molecule has 1 aliphatic rings. The molecule has 1 saturated heterocycles. The van der Waals surface area contributed by atoms with Gasteiger partial charge in [0.2, 0.25) is 5.91 Å². The van der Waals surface area contributed by atoms with E-state index in [0.29, 0.717) is 0 Å². The van der Waals surface area contributed by atoms with Crippen LogP contribution in [0.3, 0.4) is 0 Å². The lowest BCUT2D eigenvalue weighted by atomic mass is 9.90. The fourth-order valence-electron chi connectivity index (χ4n) is 3.94. The van der Waals surface area contributed by atoms with Gasteiger partial charge in [-0.3, -0.25) is 4.79 Å². The third kappa shape index (κ3) is 5.10. The number of nitrogens with one attached hydrogen (secondary N) is 1. The summed E-state index contributed by atoms with van der Waals surface area (Å²) < 4.78 is 5.32. The maximum Gasteiger partial charge on any atom is 0.219 e. The summed E-state index contributed by atoms with van der Waals surface area (Å²) in [4.78, 5) is 14.3. The van der Waals surface area contributed by atoms with Crippen LogP contribution in [0.5, 0.6) is 5.75 Å². The maximum absolute atomic E-state index is 12.2. The first kappa shape index (κ1) is 19.4. The van der Waals surface area contributed by atoms with Gasteiger partial charge in [-0.25, -0.2) is 0 Å². The molecule has 1 amide bonds. The van der Waals surface area contributed by atoms with Gasteiger partial charge in [0, 0.05) is 26.1 Å². The highest BCUT2D eigenvalue weighted by Crippen LogP contribution is 2.23. The number of ether oxygens (including phenoxy) is 1. The Morgan fingerprint density at radius 1 is 1.19 bits per heavy atom. The Bertz CT molecular complexity index is 757. The number of carbonyl (C=O) groups excluding carboxylic acids is 1. The van der Waals surface area contributed by atoms with Crippen LogP contribution in [0.1, 0.15) is 36.5 Å². The van der Waals surface area contributed by atoms with E-state index in [1.807, 2.05) is 17.0 Å². The smallest absolute Gasteiger partial charge is 0.219 e. The van der Waals surface area contributed by atoms with Crippen LogP contribution >= 0.6 is 0 Å². The predicted molar refractivity (Wildman–Crippen MR) is 109 cm³/mol. The monoisotopic (exact) mass is 366 g/mol. The molecule has 1 heterocycles. The molecule has 2 atom stereocenters. The summed E-state index contributed by atoms with van der Waals surface area (Å²) in [6.07, 6.45) is 3.01. The number of amides is 1. The van der Waals surface area contributed by atoms with Gasteiger partial charge in [0.1, 0.15) is 5.75 Å². The SMILES string of the molecule is COc1cccc(CN[C@H]2CCCN(C(C)=O)[C@H]2Cc2ccc(C)cc2)c1. The lowest BCUT2D eigenvalue weighted by Gasteiger charge is -2.41. The summed E-state index contributed by atoms with van der Waals surface area (Å²) in [5.74, 6) is 1.04. The zero-order valence-electron chi connectivity index (χ0n) is 16.6. The molecule has 4 nitrogen and oxygen atoms in total. The number of hydrogen-bond acceptors (Lipinski definition) is 3. The Morgan fingerprint density at radius 3 is 2.67 bits per heavy atom. The second-order valence-electron chi connectivity index (χ2n) is 7.45. The van der Waals surface area contributed by atoms with Crippen LogP contribution in [0, 0.1) is 6.92 Å². The van der Waals surface area contributed by atoms with Gasteiger partial charge in [-0.1, -0.05) is 42.0 Å². The second-order valence-corrected chi connectivity index (χ2v) is 7.45. The molecule has 144 valence electrons. The van der Waals surface area contributed by atoms with Gasteiger partial charge in [-0.05, 0) is 49.4 Å². The third-order valence-corrected chi connectivity index (χ3v) is 5.45. The summed E-state index contributed by atoms with van der Waals surface area (Å²) in [5, 5.41) is 3.71. The summed E-state index contributed by atoms with van der Waals surface area (Å²) in [7, 11) is 1.69. The minimum Gasteiger partial charge on any atom is -0.497 e.